The van der Waals surface area contributed by atoms with E-state index in [9.17, 15) is 14.7 Å². The van der Waals surface area contributed by atoms with Crippen LogP contribution in [-0.2, 0) is 25.6 Å². The number of amides is 1. The van der Waals surface area contributed by atoms with E-state index in [1.165, 1.54) is 0 Å². The fourth-order valence-electron chi connectivity index (χ4n) is 7.24. The van der Waals surface area contributed by atoms with Crippen LogP contribution in [0.2, 0.25) is 0 Å². The number of carboxylic acid groups (broad SMARTS) is 1. The van der Waals surface area contributed by atoms with E-state index in [1.54, 1.807) is 7.11 Å². The summed E-state index contributed by atoms with van der Waals surface area (Å²) < 4.78 is 29.5. The van der Waals surface area contributed by atoms with Crippen molar-refractivity contribution in [3.8, 4) is 17.2 Å². The van der Waals surface area contributed by atoms with Gasteiger partial charge in [-0.15, -0.1) is 0 Å². The quantitative estimate of drug-likeness (QED) is 0.290. The number of rotatable bonds is 14. The third-order valence-electron chi connectivity index (χ3n) is 9.39. The van der Waals surface area contributed by atoms with Gasteiger partial charge >= 0.3 is 5.97 Å². The summed E-state index contributed by atoms with van der Waals surface area (Å²) >= 11 is 0. The van der Waals surface area contributed by atoms with Gasteiger partial charge in [-0.1, -0.05) is 39.3 Å². The Bertz CT molecular complexity index is 1420. The molecule has 2 saturated heterocycles. The Morgan fingerprint density at radius 1 is 1.11 bits per heavy atom. The number of carbonyl (C=O) groups excluding carboxylic acids is 1. The van der Waals surface area contributed by atoms with Gasteiger partial charge < -0.3 is 38.2 Å². The van der Waals surface area contributed by atoms with Gasteiger partial charge in [0.1, 0.15) is 6.54 Å². The Balaban J connectivity index is 1.49. The van der Waals surface area contributed by atoms with E-state index in [1.807, 2.05) is 43.0 Å². The highest BCUT2D eigenvalue weighted by atomic mass is 16.7. The summed E-state index contributed by atoms with van der Waals surface area (Å²) in [6, 6.07) is 11.5. The van der Waals surface area contributed by atoms with Gasteiger partial charge in [0.25, 0.3) is 0 Å². The Morgan fingerprint density at radius 2 is 1.85 bits per heavy atom. The fraction of sp³-hybridized carbons (Fsp3) is 0.611. The molecule has 1 N–H and O–H groups in total. The van der Waals surface area contributed by atoms with Crippen LogP contribution in [-0.4, -0.2) is 107 Å². The summed E-state index contributed by atoms with van der Waals surface area (Å²) in [4.78, 5) is 31.5. The summed E-state index contributed by atoms with van der Waals surface area (Å²) in [5.41, 5.74) is 2.30. The minimum atomic E-state index is -0.911. The average Bonchev–Trinajstić information content (AvgIpc) is 3.77. The molecule has 258 valence electrons. The van der Waals surface area contributed by atoms with Crippen molar-refractivity contribution in [2.24, 2.45) is 11.3 Å². The molecular weight excluding hydrogens is 602 g/mol. The Labute approximate surface area is 278 Å². The van der Waals surface area contributed by atoms with E-state index >= 15 is 0 Å². The zero-order valence-electron chi connectivity index (χ0n) is 29.0. The molecule has 11 nitrogen and oxygen atoms in total. The third kappa shape index (κ3) is 8.02. The molecule has 1 unspecified atom stereocenters. The number of ether oxygens (including phenoxy) is 5. The van der Waals surface area contributed by atoms with E-state index in [2.05, 4.69) is 45.1 Å². The first-order chi connectivity index (χ1) is 22.3. The zero-order valence-corrected chi connectivity index (χ0v) is 29.0. The molecule has 5 rings (SSSR count). The minimum absolute atomic E-state index is 0.0509. The summed E-state index contributed by atoms with van der Waals surface area (Å²) in [5, 5.41) is 10.8. The van der Waals surface area contributed by atoms with Gasteiger partial charge in [0.05, 0.1) is 53.9 Å². The van der Waals surface area contributed by atoms with E-state index in [0.29, 0.717) is 50.0 Å². The summed E-state index contributed by atoms with van der Waals surface area (Å²) in [6.45, 7) is 9.16. The molecule has 0 spiro atoms. The Morgan fingerprint density at radius 3 is 2.51 bits per heavy atom. The SMILES string of the molecule is CCCCN(C(=O)CN1C[C@H](c2cc(OC)c3c(c2)OCO3)C(C(=O)O)[C@@H]1CC(C)(C)C1OCCO1)c1cccc(C[N+](C)(C)C)c1. The molecule has 0 aromatic heterocycles. The number of likely N-dealkylation sites (tertiary alicyclic amines) is 1. The largest absolute Gasteiger partial charge is 0.493 e. The first kappa shape index (κ1) is 34.9. The highest BCUT2D eigenvalue weighted by Gasteiger charge is 2.51. The lowest BCUT2D eigenvalue weighted by atomic mass is 9.77. The van der Waals surface area contributed by atoms with Crippen molar-refractivity contribution < 1.29 is 42.9 Å². The normalized spacial score (nSPS) is 21.7. The van der Waals surface area contributed by atoms with Crippen LogP contribution in [0.25, 0.3) is 0 Å². The topological polar surface area (TPSA) is 107 Å². The lowest BCUT2D eigenvalue weighted by molar-refractivity contribution is -0.884. The molecule has 3 aliphatic heterocycles. The molecule has 1 amide bonds. The molecule has 0 saturated carbocycles. The number of methoxy groups -OCH3 is 1. The van der Waals surface area contributed by atoms with Crippen molar-refractivity contribution in [3.05, 3.63) is 47.5 Å². The van der Waals surface area contributed by atoms with Crippen LogP contribution in [0.15, 0.2) is 36.4 Å². The van der Waals surface area contributed by atoms with Crippen molar-refractivity contribution in [3.63, 3.8) is 0 Å². The second kappa shape index (κ2) is 14.4. The minimum Gasteiger partial charge on any atom is -0.493 e. The molecule has 0 bridgehead atoms. The molecule has 2 aromatic rings. The number of aliphatic carboxylic acids is 1. The van der Waals surface area contributed by atoms with E-state index in [0.717, 1.165) is 40.7 Å². The van der Waals surface area contributed by atoms with Crippen molar-refractivity contribution in [1.29, 1.82) is 0 Å². The Kier molecular flexibility index (Phi) is 10.7. The lowest BCUT2D eigenvalue weighted by Gasteiger charge is -2.37. The van der Waals surface area contributed by atoms with Crippen LogP contribution >= 0.6 is 0 Å². The summed E-state index contributed by atoms with van der Waals surface area (Å²) in [6.07, 6.45) is 1.81. The summed E-state index contributed by atoms with van der Waals surface area (Å²) in [7, 11) is 8.00. The highest BCUT2D eigenvalue weighted by molar-refractivity contribution is 5.95. The molecule has 2 fully saturated rings. The molecule has 3 atom stereocenters. The molecule has 2 aromatic carbocycles. The standard InChI is InChI=1S/C36H51N3O8/c1-8-9-13-38(26-12-10-11-24(16-26)22-39(4,5)6)31(40)21-37-20-27(25-17-29(43-7)33-30(18-25)46-23-47-33)32(34(41)42)28(37)19-36(2,3)35-44-14-15-45-35/h10-12,16-18,27-28,32,35H,8-9,13-15,19-23H2,1-7H3/p+1/t27-,28+,32?/m1/s1. The predicted octanol–water partition coefficient (Wildman–Crippen LogP) is 4.72. The number of carboxylic acids is 1. The van der Waals surface area contributed by atoms with Gasteiger partial charge in [-0.05, 0) is 42.7 Å². The van der Waals surface area contributed by atoms with Crippen LogP contribution in [0.1, 0.15) is 57.1 Å². The highest BCUT2D eigenvalue weighted by Crippen LogP contribution is 2.49. The van der Waals surface area contributed by atoms with Gasteiger partial charge in [-0.25, -0.2) is 0 Å². The fourth-order valence-corrected chi connectivity index (χ4v) is 7.24. The maximum atomic E-state index is 14.4. The molecular formula is C36H52N3O8+. The summed E-state index contributed by atoms with van der Waals surface area (Å²) in [5.74, 6) is -0.644. The number of benzene rings is 2. The Hall–Kier alpha value is -3.38. The third-order valence-corrected chi connectivity index (χ3v) is 9.39. The van der Waals surface area contributed by atoms with Gasteiger partial charge in [0, 0.05) is 41.7 Å². The van der Waals surface area contributed by atoms with Crippen LogP contribution in [0.4, 0.5) is 5.69 Å². The second-order valence-corrected chi connectivity index (χ2v) is 14.7. The number of unbranched alkanes of at least 4 members (excludes halogenated alkanes) is 1. The maximum Gasteiger partial charge on any atom is 0.308 e. The van der Waals surface area contributed by atoms with Crippen LogP contribution < -0.4 is 19.1 Å². The van der Waals surface area contributed by atoms with Gasteiger partial charge in [-0.2, -0.15) is 0 Å². The first-order valence-electron chi connectivity index (χ1n) is 16.7. The van der Waals surface area contributed by atoms with E-state index in [4.69, 9.17) is 23.7 Å². The van der Waals surface area contributed by atoms with Gasteiger partial charge in [-0.3, -0.25) is 14.5 Å². The second-order valence-electron chi connectivity index (χ2n) is 14.7. The molecule has 0 radical (unpaired) electrons. The van der Waals surface area contributed by atoms with Crippen LogP contribution in [0, 0.1) is 11.3 Å². The first-order valence-corrected chi connectivity index (χ1v) is 16.7. The number of hydrogen-bond donors (Lipinski definition) is 1. The number of nitrogens with zero attached hydrogens (tertiary/aromatic N) is 3. The van der Waals surface area contributed by atoms with Crippen molar-refractivity contribution in [2.45, 2.75) is 64.8 Å². The van der Waals surface area contributed by atoms with Gasteiger partial charge in [0.15, 0.2) is 17.8 Å². The monoisotopic (exact) mass is 654 g/mol. The average molecular weight is 655 g/mol. The zero-order chi connectivity index (χ0) is 33.9. The molecule has 11 heteroatoms. The molecule has 0 aliphatic carbocycles. The number of carbonyl (C=O) groups is 2. The van der Waals surface area contributed by atoms with Crippen LogP contribution in [0.5, 0.6) is 17.2 Å². The molecule has 47 heavy (non-hydrogen) atoms. The number of anilines is 1. The van der Waals surface area contributed by atoms with Crippen molar-refractivity contribution in [2.75, 3.05) is 72.8 Å². The molecule has 3 heterocycles. The van der Waals surface area contributed by atoms with Crippen LogP contribution in [0.3, 0.4) is 0 Å². The number of fused-ring (bicyclic) bond motifs is 1. The smallest absolute Gasteiger partial charge is 0.308 e. The predicted molar refractivity (Wildman–Crippen MR) is 178 cm³/mol. The van der Waals surface area contributed by atoms with Gasteiger partial charge in [0.2, 0.25) is 18.4 Å². The van der Waals surface area contributed by atoms with E-state index in [-0.39, 0.29) is 19.2 Å². The lowest BCUT2D eigenvalue weighted by Crippen LogP contribution is -2.47. The van der Waals surface area contributed by atoms with Crippen molar-refractivity contribution >= 4 is 17.6 Å². The number of hydrogen-bond acceptors (Lipinski definition) is 8. The maximum absolute atomic E-state index is 14.4. The molecule has 3 aliphatic rings. The van der Waals surface area contributed by atoms with E-state index < -0.39 is 35.6 Å². The van der Waals surface area contributed by atoms with Crippen molar-refractivity contribution in [1.82, 2.24) is 4.90 Å². The number of quaternary nitrogens is 1.